The fourth-order valence-corrected chi connectivity index (χ4v) is 3.25. The molecule has 0 unspecified atom stereocenters. The highest BCUT2D eigenvalue weighted by Gasteiger charge is 2.23. The Morgan fingerprint density at radius 1 is 1.32 bits per heavy atom. The molecule has 1 aromatic carbocycles. The first kappa shape index (κ1) is 13.1. The van der Waals surface area contributed by atoms with Gasteiger partial charge < -0.3 is 0 Å². The van der Waals surface area contributed by atoms with Crippen molar-refractivity contribution >= 4 is 15.7 Å². The lowest BCUT2D eigenvalue weighted by molar-refractivity contribution is 0.600. The second-order valence-corrected chi connectivity index (χ2v) is 5.65. The average molecular weight is 276 g/mol. The number of anilines is 1. The number of H-pyrrole nitrogens is 1. The van der Waals surface area contributed by atoms with Gasteiger partial charge in [0.15, 0.2) is 0 Å². The summed E-state index contributed by atoms with van der Waals surface area (Å²) in [6.45, 7) is 3.24. The number of sulfonamides is 1. The normalized spacial score (nSPS) is 11.0. The van der Waals surface area contributed by atoms with E-state index in [9.17, 15) is 8.42 Å². The molecule has 1 aromatic heterocycles. The molecular weight excluding hydrogens is 264 g/mol. The minimum Gasteiger partial charge on any atom is -0.281 e. The zero-order valence-electron chi connectivity index (χ0n) is 10.4. The van der Waals surface area contributed by atoms with E-state index in [1.807, 2.05) is 6.07 Å². The SMILES string of the molecule is Cc1n[nH]c(C)c1S(=O)(=O)Nc1ccccc1C#N. The van der Waals surface area contributed by atoms with Crippen molar-refractivity contribution < 1.29 is 8.42 Å². The predicted octanol–water partition coefficient (Wildman–Crippen LogP) is 1.70. The van der Waals surface area contributed by atoms with Crippen LogP contribution in [0.25, 0.3) is 0 Å². The molecule has 0 aliphatic carbocycles. The van der Waals surface area contributed by atoms with Crippen LogP contribution in [0.1, 0.15) is 17.0 Å². The summed E-state index contributed by atoms with van der Waals surface area (Å²) in [6.07, 6.45) is 0. The largest absolute Gasteiger partial charge is 0.281 e. The first-order valence-electron chi connectivity index (χ1n) is 5.49. The Hall–Kier alpha value is -2.33. The van der Waals surface area contributed by atoms with E-state index in [-0.39, 0.29) is 16.1 Å². The zero-order valence-corrected chi connectivity index (χ0v) is 11.2. The molecule has 2 N–H and O–H groups in total. The minimum absolute atomic E-state index is 0.111. The van der Waals surface area contributed by atoms with Gasteiger partial charge in [-0.1, -0.05) is 12.1 Å². The van der Waals surface area contributed by atoms with Crippen molar-refractivity contribution in [3.8, 4) is 6.07 Å². The lowest BCUT2D eigenvalue weighted by atomic mass is 10.2. The fourth-order valence-electron chi connectivity index (χ4n) is 1.80. The molecule has 98 valence electrons. The van der Waals surface area contributed by atoms with Crippen LogP contribution < -0.4 is 4.72 Å². The molecule has 2 rings (SSSR count). The summed E-state index contributed by atoms with van der Waals surface area (Å²) in [7, 11) is -3.76. The van der Waals surface area contributed by atoms with Gasteiger partial charge in [0, 0.05) is 0 Å². The van der Waals surface area contributed by atoms with Crippen LogP contribution in [-0.4, -0.2) is 18.6 Å². The second-order valence-electron chi connectivity index (χ2n) is 4.03. The number of para-hydroxylation sites is 1. The van der Waals surface area contributed by atoms with E-state index in [1.54, 1.807) is 38.1 Å². The Bertz CT molecular complexity index is 737. The lowest BCUT2D eigenvalue weighted by Gasteiger charge is -2.09. The van der Waals surface area contributed by atoms with Gasteiger partial charge in [0.2, 0.25) is 0 Å². The molecule has 1 heterocycles. The van der Waals surface area contributed by atoms with Crippen LogP contribution in [0.5, 0.6) is 0 Å². The highest BCUT2D eigenvalue weighted by Crippen LogP contribution is 2.22. The van der Waals surface area contributed by atoms with Gasteiger partial charge in [-0.2, -0.15) is 10.4 Å². The number of hydrogen-bond donors (Lipinski definition) is 2. The van der Waals surface area contributed by atoms with Crippen LogP contribution in [0.3, 0.4) is 0 Å². The maximum absolute atomic E-state index is 12.3. The van der Waals surface area contributed by atoms with Crippen LogP contribution in [-0.2, 0) is 10.0 Å². The Morgan fingerprint density at radius 3 is 2.58 bits per heavy atom. The Balaban J connectivity index is 2.46. The first-order chi connectivity index (χ1) is 8.95. The van der Waals surface area contributed by atoms with Gasteiger partial charge in [-0.15, -0.1) is 0 Å². The van der Waals surface area contributed by atoms with Gasteiger partial charge in [-0.25, -0.2) is 8.42 Å². The molecule has 0 fully saturated rings. The molecule has 0 spiro atoms. The van der Waals surface area contributed by atoms with E-state index in [2.05, 4.69) is 14.9 Å². The standard InChI is InChI=1S/C12H12N4O2S/c1-8-12(9(2)15-14-8)19(17,18)16-11-6-4-3-5-10(11)7-13/h3-6,16H,1-2H3,(H,14,15). The molecule has 0 saturated heterocycles. The average Bonchev–Trinajstić information content (AvgIpc) is 2.70. The quantitative estimate of drug-likeness (QED) is 0.891. The van der Waals surface area contributed by atoms with Crippen LogP contribution in [0, 0.1) is 25.2 Å². The number of hydrogen-bond acceptors (Lipinski definition) is 4. The Morgan fingerprint density at radius 2 is 2.00 bits per heavy atom. The molecule has 0 aliphatic heterocycles. The molecule has 0 bridgehead atoms. The monoisotopic (exact) mass is 276 g/mol. The second kappa shape index (κ2) is 4.74. The van der Waals surface area contributed by atoms with Crippen LogP contribution in [0.2, 0.25) is 0 Å². The number of aromatic nitrogens is 2. The Labute approximate surface area is 111 Å². The van der Waals surface area contributed by atoms with Gasteiger partial charge in [0.1, 0.15) is 11.0 Å². The summed E-state index contributed by atoms with van der Waals surface area (Å²) < 4.78 is 27.0. The maximum Gasteiger partial charge on any atom is 0.265 e. The van der Waals surface area contributed by atoms with E-state index >= 15 is 0 Å². The van der Waals surface area contributed by atoms with Gasteiger partial charge in [0.25, 0.3) is 10.0 Å². The van der Waals surface area contributed by atoms with E-state index in [1.165, 1.54) is 0 Å². The number of rotatable bonds is 3. The maximum atomic E-state index is 12.3. The summed E-state index contributed by atoms with van der Waals surface area (Å²) in [5, 5.41) is 15.4. The van der Waals surface area contributed by atoms with E-state index < -0.39 is 10.0 Å². The van der Waals surface area contributed by atoms with Gasteiger partial charge in [0.05, 0.1) is 22.6 Å². The number of nitrogens with zero attached hydrogens (tertiary/aromatic N) is 2. The fraction of sp³-hybridized carbons (Fsp3) is 0.167. The predicted molar refractivity (Wildman–Crippen MR) is 70.0 cm³/mol. The molecule has 0 radical (unpaired) electrons. The minimum atomic E-state index is -3.76. The summed E-state index contributed by atoms with van der Waals surface area (Å²) >= 11 is 0. The summed E-state index contributed by atoms with van der Waals surface area (Å²) in [5.41, 5.74) is 1.37. The van der Waals surface area contributed by atoms with Crippen LogP contribution in [0.4, 0.5) is 5.69 Å². The molecule has 0 amide bonds. The van der Waals surface area contributed by atoms with Crippen molar-refractivity contribution in [3.05, 3.63) is 41.2 Å². The summed E-state index contributed by atoms with van der Waals surface area (Å²) in [5.74, 6) is 0. The van der Waals surface area contributed by atoms with Crippen molar-refractivity contribution in [2.45, 2.75) is 18.7 Å². The topological polar surface area (TPSA) is 98.6 Å². The van der Waals surface area contributed by atoms with E-state index in [0.717, 1.165) is 0 Å². The third kappa shape index (κ3) is 2.44. The smallest absolute Gasteiger partial charge is 0.265 e. The van der Waals surface area contributed by atoms with E-state index in [4.69, 9.17) is 5.26 Å². The molecule has 19 heavy (non-hydrogen) atoms. The molecule has 7 heteroatoms. The van der Waals surface area contributed by atoms with Crippen molar-refractivity contribution in [2.75, 3.05) is 4.72 Å². The number of aromatic amines is 1. The van der Waals surface area contributed by atoms with Gasteiger partial charge >= 0.3 is 0 Å². The third-order valence-corrected chi connectivity index (χ3v) is 4.25. The number of benzene rings is 1. The van der Waals surface area contributed by atoms with Gasteiger partial charge in [-0.3, -0.25) is 9.82 Å². The van der Waals surface area contributed by atoms with Crippen LogP contribution >= 0.6 is 0 Å². The summed E-state index contributed by atoms with van der Waals surface area (Å²) in [6, 6.07) is 8.37. The molecular formula is C12H12N4O2S. The van der Waals surface area contributed by atoms with E-state index in [0.29, 0.717) is 11.4 Å². The number of nitriles is 1. The van der Waals surface area contributed by atoms with Crippen molar-refractivity contribution in [1.29, 1.82) is 5.26 Å². The first-order valence-corrected chi connectivity index (χ1v) is 6.97. The van der Waals surface area contributed by atoms with Crippen molar-refractivity contribution in [1.82, 2.24) is 10.2 Å². The molecule has 0 saturated carbocycles. The van der Waals surface area contributed by atoms with Gasteiger partial charge in [-0.05, 0) is 26.0 Å². The van der Waals surface area contributed by atoms with Crippen molar-refractivity contribution in [2.24, 2.45) is 0 Å². The molecule has 0 atom stereocenters. The third-order valence-electron chi connectivity index (χ3n) is 2.62. The number of nitrogens with one attached hydrogen (secondary N) is 2. The Kier molecular flexibility index (Phi) is 3.27. The highest BCUT2D eigenvalue weighted by molar-refractivity contribution is 7.92. The van der Waals surface area contributed by atoms with Crippen LogP contribution in [0.15, 0.2) is 29.2 Å². The van der Waals surface area contributed by atoms with Crippen molar-refractivity contribution in [3.63, 3.8) is 0 Å². The zero-order chi connectivity index (χ0) is 14.0. The summed E-state index contributed by atoms with van der Waals surface area (Å²) in [4.78, 5) is 0.111. The highest BCUT2D eigenvalue weighted by atomic mass is 32.2. The molecule has 6 nitrogen and oxygen atoms in total. The lowest BCUT2D eigenvalue weighted by Crippen LogP contribution is -2.15. The molecule has 2 aromatic rings. The molecule has 0 aliphatic rings. The number of aryl methyl sites for hydroxylation is 2.